The molecule has 0 spiro atoms. The van der Waals surface area contributed by atoms with Gasteiger partial charge in [-0.05, 0) is 31.5 Å². The summed E-state index contributed by atoms with van der Waals surface area (Å²) < 4.78 is 19.4. The van der Waals surface area contributed by atoms with Crippen LogP contribution in [0.25, 0.3) is 0 Å². The van der Waals surface area contributed by atoms with E-state index in [0.717, 1.165) is 5.56 Å². The van der Waals surface area contributed by atoms with Crippen LogP contribution in [-0.2, 0) is 12.2 Å². The standard InChI is InChI=1S/C16H17FO2/c1-16(2,18)14-9-8-13(10-15(14)17)19-11-12-6-4-3-5-7-12/h3-10,18H,11H2,1-2H3. The fourth-order valence-corrected chi connectivity index (χ4v) is 1.82. The van der Waals surface area contributed by atoms with E-state index in [1.165, 1.54) is 6.07 Å². The monoisotopic (exact) mass is 260 g/mol. The maximum atomic E-state index is 13.8. The highest BCUT2D eigenvalue weighted by atomic mass is 19.1. The van der Waals surface area contributed by atoms with Crippen molar-refractivity contribution in [2.24, 2.45) is 0 Å². The van der Waals surface area contributed by atoms with Gasteiger partial charge in [-0.3, -0.25) is 0 Å². The average Bonchev–Trinajstić information content (AvgIpc) is 2.36. The molecule has 0 heterocycles. The van der Waals surface area contributed by atoms with E-state index in [4.69, 9.17) is 4.74 Å². The number of halogens is 1. The molecule has 2 nitrogen and oxygen atoms in total. The van der Waals surface area contributed by atoms with Crippen LogP contribution in [0.5, 0.6) is 5.75 Å². The van der Waals surface area contributed by atoms with Crippen LogP contribution >= 0.6 is 0 Å². The number of hydrogen-bond donors (Lipinski definition) is 1. The average molecular weight is 260 g/mol. The van der Waals surface area contributed by atoms with Crippen molar-refractivity contribution >= 4 is 0 Å². The topological polar surface area (TPSA) is 29.5 Å². The molecule has 0 atom stereocenters. The molecule has 0 aliphatic carbocycles. The molecule has 1 N–H and O–H groups in total. The first-order chi connectivity index (χ1) is 8.97. The molecule has 3 heteroatoms. The summed E-state index contributed by atoms with van der Waals surface area (Å²) in [6.45, 7) is 3.49. The van der Waals surface area contributed by atoms with Crippen molar-refractivity contribution in [1.82, 2.24) is 0 Å². The second kappa shape index (κ2) is 5.41. The van der Waals surface area contributed by atoms with Crippen LogP contribution in [0, 0.1) is 5.82 Å². The van der Waals surface area contributed by atoms with Crippen LogP contribution in [0.2, 0.25) is 0 Å². The summed E-state index contributed by atoms with van der Waals surface area (Å²) in [7, 11) is 0. The van der Waals surface area contributed by atoms with E-state index in [0.29, 0.717) is 12.4 Å². The Labute approximate surface area is 112 Å². The SMILES string of the molecule is CC(C)(O)c1ccc(OCc2ccccc2)cc1F. The van der Waals surface area contributed by atoms with E-state index in [1.807, 2.05) is 30.3 Å². The normalized spacial score (nSPS) is 11.4. The molecule has 0 radical (unpaired) electrons. The molecule has 2 rings (SSSR count). The Balaban J connectivity index is 2.09. The van der Waals surface area contributed by atoms with Gasteiger partial charge in [0.2, 0.25) is 0 Å². The maximum Gasteiger partial charge on any atom is 0.132 e. The van der Waals surface area contributed by atoms with Gasteiger partial charge >= 0.3 is 0 Å². The van der Waals surface area contributed by atoms with Crippen molar-refractivity contribution in [2.75, 3.05) is 0 Å². The lowest BCUT2D eigenvalue weighted by molar-refractivity contribution is 0.0744. The van der Waals surface area contributed by atoms with Crippen LogP contribution in [0.4, 0.5) is 4.39 Å². The van der Waals surface area contributed by atoms with Crippen LogP contribution in [0.1, 0.15) is 25.0 Å². The second-order valence-corrected chi connectivity index (χ2v) is 4.97. The smallest absolute Gasteiger partial charge is 0.132 e. The molecular formula is C16H17FO2. The largest absolute Gasteiger partial charge is 0.489 e. The van der Waals surface area contributed by atoms with Crippen molar-refractivity contribution < 1.29 is 14.2 Å². The van der Waals surface area contributed by atoms with Crippen molar-refractivity contribution in [3.05, 3.63) is 65.5 Å². The molecule has 0 amide bonds. The van der Waals surface area contributed by atoms with Crippen LogP contribution in [0.3, 0.4) is 0 Å². The van der Waals surface area contributed by atoms with Crippen LogP contribution in [-0.4, -0.2) is 5.11 Å². The number of rotatable bonds is 4. The Kier molecular flexibility index (Phi) is 3.86. The van der Waals surface area contributed by atoms with E-state index >= 15 is 0 Å². The first-order valence-electron chi connectivity index (χ1n) is 6.16. The van der Waals surface area contributed by atoms with Crippen molar-refractivity contribution in [3.63, 3.8) is 0 Å². The first kappa shape index (κ1) is 13.6. The zero-order chi connectivity index (χ0) is 13.9. The summed E-state index contributed by atoms with van der Waals surface area (Å²) in [6.07, 6.45) is 0. The molecule has 0 aliphatic heterocycles. The van der Waals surface area contributed by atoms with Crippen molar-refractivity contribution in [2.45, 2.75) is 26.1 Å². The number of ether oxygens (including phenoxy) is 1. The summed E-state index contributed by atoms with van der Waals surface area (Å²) >= 11 is 0. The van der Waals surface area contributed by atoms with Gasteiger partial charge in [-0.15, -0.1) is 0 Å². The molecule has 0 bridgehead atoms. The van der Waals surface area contributed by atoms with E-state index in [-0.39, 0.29) is 5.56 Å². The zero-order valence-electron chi connectivity index (χ0n) is 11.1. The molecule has 0 fully saturated rings. The van der Waals surface area contributed by atoms with Gasteiger partial charge in [-0.1, -0.05) is 30.3 Å². The molecule has 2 aromatic carbocycles. The number of benzene rings is 2. The predicted octanol–water partition coefficient (Wildman–Crippen LogP) is 3.63. The lowest BCUT2D eigenvalue weighted by atomic mass is 9.98. The van der Waals surface area contributed by atoms with E-state index in [9.17, 15) is 9.50 Å². The van der Waals surface area contributed by atoms with E-state index in [1.54, 1.807) is 26.0 Å². The van der Waals surface area contributed by atoms with Gasteiger partial charge in [0.15, 0.2) is 0 Å². The number of hydrogen-bond acceptors (Lipinski definition) is 2. The minimum absolute atomic E-state index is 0.263. The minimum atomic E-state index is -1.19. The lowest BCUT2D eigenvalue weighted by Gasteiger charge is -2.19. The molecular weight excluding hydrogens is 243 g/mol. The van der Waals surface area contributed by atoms with Gasteiger partial charge in [0, 0.05) is 11.6 Å². The number of aliphatic hydroxyl groups is 1. The summed E-state index contributed by atoms with van der Waals surface area (Å²) in [5.41, 5.74) is 0.0937. The highest BCUT2D eigenvalue weighted by molar-refractivity contribution is 5.32. The van der Waals surface area contributed by atoms with Crippen LogP contribution < -0.4 is 4.74 Å². The van der Waals surface area contributed by atoms with E-state index < -0.39 is 11.4 Å². The Bertz CT molecular complexity index is 544. The molecule has 0 aliphatic rings. The van der Waals surface area contributed by atoms with Gasteiger partial charge in [-0.25, -0.2) is 4.39 Å². The molecule has 2 aromatic rings. The second-order valence-electron chi connectivity index (χ2n) is 4.97. The predicted molar refractivity (Wildman–Crippen MR) is 72.4 cm³/mol. The van der Waals surface area contributed by atoms with E-state index in [2.05, 4.69) is 0 Å². The van der Waals surface area contributed by atoms with Crippen LogP contribution in [0.15, 0.2) is 48.5 Å². The minimum Gasteiger partial charge on any atom is -0.489 e. The molecule has 19 heavy (non-hydrogen) atoms. The highest BCUT2D eigenvalue weighted by Crippen LogP contribution is 2.26. The summed E-state index contributed by atoms with van der Waals surface area (Å²) in [5.74, 6) is -0.00702. The van der Waals surface area contributed by atoms with Crippen molar-refractivity contribution in [1.29, 1.82) is 0 Å². The van der Waals surface area contributed by atoms with Gasteiger partial charge in [-0.2, -0.15) is 0 Å². The lowest BCUT2D eigenvalue weighted by Crippen LogP contribution is -2.17. The van der Waals surface area contributed by atoms with Gasteiger partial charge in [0.1, 0.15) is 18.2 Å². The molecule has 0 saturated heterocycles. The van der Waals surface area contributed by atoms with Crippen molar-refractivity contribution in [3.8, 4) is 5.75 Å². The first-order valence-corrected chi connectivity index (χ1v) is 6.16. The Morgan fingerprint density at radius 2 is 1.79 bits per heavy atom. The Hall–Kier alpha value is -1.87. The molecule has 100 valence electrons. The maximum absolute atomic E-state index is 13.8. The Morgan fingerprint density at radius 3 is 2.37 bits per heavy atom. The highest BCUT2D eigenvalue weighted by Gasteiger charge is 2.20. The molecule has 0 saturated carbocycles. The van der Waals surface area contributed by atoms with Gasteiger partial charge in [0.05, 0.1) is 5.60 Å². The fraction of sp³-hybridized carbons (Fsp3) is 0.250. The summed E-state index contributed by atoms with van der Waals surface area (Å²) in [6, 6.07) is 14.2. The Morgan fingerprint density at radius 1 is 1.11 bits per heavy atom. The summed E-state index contributed by atoms with van der Waals surface area (Å²) in [4.78, 5) is 0. The summed E-state index contributed by atoms with van der Waals surface area (Å²) in [5, 5.41) is 9.79. The molecule has 0 aromatic heterocycles. The van der Waals surface area contributed by atoms with Gasteiger partial charge in [0.25, 0.3) is 0 Å². The third-order valence-corrected chi connectivity index (χ3v) is 2.85. The third kappa shape index (κ3) is 3.55. The third-order valence-electron chi connectivity index (χ3n) is 2.85. The molecule has 0 unspecified atom stereocenters. The fourth-order valence-electron chi connectivity index (χ4n) is 1.82. The van der Waals surface area contributed by atoms with Gasteiger partial charge < -0.3 is 9.84 Å². The quantitative estimate of drug-likeness (QED) is 0.909. The zero-order valence-corrected chi connectivity index (χ0v) is 11.1.